The van der Waals surface area contributed by atoms with E-state index in [1.54, 1.807) is 14.0 Å². The molecule has 6 rings (SSSR count). The number of nitrogens with one attached hydrogen (secondary N) is 2. The summed E-state index contributed by atoms with van der Waals surface area (Å²) < 4.78 is 1.45. The molecular formula is C38H44N8O2. The summed E-state index contributed by atoms with van der Waals surface area (Å²) in [6.07, 6.45) is 7.99. The number of benzene rings is 2. The summed E-state index contributed by atoms with van der Waals surface area (Å²) in [5.41, 5.74) is 14.7. The summed E-state index contributed by atoms with van der Waals surface area (Å²) in [6, 6.07) is 20.6. The molecule has 4 N–H and O–H groups in total. The Morgan fingerprint density at radius 2 is 1.81 bits per heavy atom. The molecule has 2 aromatic carbocycles. The second-order valence-electron chi connectivity index (χ2n) is 12.9. The Balaban J connectivity index is 1.04. The number of rotatable bonds is 12. The Hall–Kier alpha value is -5.09. The number of imidazole rings is 1. The lowest BCUT2D eigenvalue weighted by Gasteiger charge is -2.32. The van der Waals surface area contributed by atoms with Crippen molar-refractivity contribution in [2.75, 3.05) is 30.8 Å². The van der Waals surface area contributed by atoms with Gasteiger partial charge in [0.15, 0.2) is 11.5 Å². The Labute approximate surface area is 281 Å². The Morgan fingerprint density at radius 1 is 1.02 bits per heavy atom. The molecule has 10 heteroatoms. The number of nitrogens with zero attached hydrogens (tertiary/aromatic N) is 5. The summed E-state index contributed by atoms with van der Waals surface area (Å²) in [4.78, 5) is 35.6. The van der Waals surface area contributed by atoms with Gasteiger partial charge in [0, 0.05) is 43.0 Å². The number of nitrogens with two attached hydrogens (primary N) is 1. The second-order valence-corrected chi connectivity index (χ2v) is 12.9. The topological polar surface area (TPSA) is 131 Å². The molecule has 1 atom stereocenters. The van der Waals surface area contributed by atoms with Gasteiger partial charge in [-0.05, 0) is 99.0 Å². The van der Waals surface area contributed by atoms with E-state index in [1.165, 1.54) is 52.2 Å². The third kappa shape index (κ3) is 7.23. The Bertz CT molecular complexity index is 1930. The maximum absolute atomic E-state index is 12.1. The number of amides is 1. The minimum absolute atomic E-state index is 0.0453. The number of hydrogen-bond acceptors (Lipinski definition) is 8. The number of likely N-dealkylation sites (tertiary alicyclic amines) is 1. The largest absolute Gasteiger partial charge is 0.385 e. The van der Waals surface area contributed by atoms with Gasteiger partial charge in [0.25, 0.3) is 5.91 Å². The monoisotopic (exact) mass is 644 g/mol. The first kappa shape index (κ1) is 32.8. The lowest BCUT2D eigenvalue weighted by atomic mass is 9.84. The predicted octanol–water partition coefficient (Wildman–Crippen LogP) is 6.52. The smallest absolute Gasteiger partial charge is 0.269 e. The van der Waals surface area contributed by atoms with Crippen molar-refractivity contribution in [2.24, 2.45) is 11.7 Å². The number of aryl methyl sites for hydroxylation is 2. The molecule has 1 saturated heterocycles. The maximum Gasteiger partial charge on any atom is 0.269 e. The van der Waals surface area contributed by atoms with E-state index in [4.69, 9.17) is 10.7 Å². The van der Waals surface area contributed by atoms with E-state index in [2.05, 4.69) is 62.9 Å². The van der Waals surface area contributed by atoms with Crippen LogP contribution in [0.15, 0.2) is 73.1 Å². The van der Waals surface area contributed by atoms with E-state index in [9.17, 15) is 9.59 Å². The lowest BCUT2D eigenvalue weighted by molar-refractivity contribution is -0.118. The fourth-order valence-corrected chi connectivity index (χ4v) is 6.81. The van der Waals surface area contributed by atoms with Gasteiger partial charge in [-0.25, -0.2) is 9.50 Å². The quantitative estimate of drug-likeness (QED) is 0.140. The number of aromatic nitrogens is 4. The SMILES string of the molecule is CNc1cc(Nc2cccc(-c3ccc(CN4CCC(CCc5cccc(C)c5C(C)C(C)=O)CC4)cn3)c2)nn2c(C(N)=O)cnc12. The molecule has 1 unspecified atom stereocenters. The van der Waals surface area contributed by atoms with Gasteiger partial charge >= 0.3 is 0 Å². The van der Waals surface area contributed by atoms with Crippen LogP contribution in [0.3, 0.4) is 0 Å². The van der Waals surface area contributed by atoms with Crippen LogP contribution in [0.2, 0.25) is 0 Å². The lowest BCUT2D eigenvalue weighted by Crippen LogP contribution is -2.33. The van der Waals surface area contributed by atoms with Gasteiger partial charge in [0.05, 0.1) is 17.6 Å². The number of pyridine rings is 1. The standard InChI is InChI=1S/C38H44N8O2/c1-24-7-5-8-29(36(24)25(2)26(3)47)13-11-27-15-17-45(18-16-27)23-28-12-14-32(41-21-28)30-9-6-10-31(19-30)43-35-20-33(40-4)38-42-22-34(37(39)48)46(38)44-35/h5-10,12,14,19-22,25,27,40H,11,13,15-18,23H2,1-4H3,(H2,39,48)(H,43,44). The zero-order valence-electron chi connectivity index (χ0n) is 28.2. The van der Waals surface area contributed by atoms with Crippen LogP contribution in [0.5, 0.6) is 0 Å². The highest BCUT2D eigenvalue weighted by atomic mass is 16.1. The fraction of sp³-hybridized carbons (Fsp3) is 0.342. The van der Waals surface area contributed by atoms with E-state index >= 15 is 0 Å². The number of fused-ring (bicyclic) bond motifs is 1. The van der Waals surface area contributed by atoms with E-state index < -0.39 is 5.91 Å². The zero-order valence-corrected chi connectivity index (χ0v) is 28.2. The molecule has 1 aliphatic heterocycles. The van der Waals surface area contributed by atoms with Gasteiger partial charge in [0.2, 0.25) is 0 Å². The van der Waals surface area contributed by atoms with E-state index in [0.29, 0.717) is 23.1 Å². The van der Waals surface area contributed by atoms with Crippen molar-refractivity contribution in [3.63, 3.8) is 0 Å². The zero-order chi connectivity index (χ0) is 33.8. The number of Topliss-reactive ketones (excluding diaryl/α,β-unsaturated/α-hetero) is 1. The molecule has 0 bridgehead atoms. The van der Waals surface area contributed by atoms with Crippen molar-refractivity contribution < 1.29 is 9.59 Å². The number of carbonyl (C=O) groups is 2. The summed E-state index contributed by atoms with van der Waals surface area (Å²) in [6.45, 7) is 8.92. The van der Waals surface area contributed by atoms with Crippen LogP contribution in [0.25, 0.3) is 16.9 Å². The molecule has 5 aromatic rings. The second kappa shape index (κ2) is 14.4. The highest BCUT2D eigenvalue weighted by Crippen LogP contribution is 2.30. The molecule has 3 aromatic heterocycles. The van der Waals surface area contributed by atoms with Crippen LogP contribution in [0, 0.1) is 12.8 Å². The normalized spacial score (nSPS) is 14.6. The fourth-order valence-electron chi connectivity index (χ4n) is 6.81. The number of primary amides is 1. The summed E-state index contributed by atoms with van der Waals surface area (Å²) in [5, 5.41) is 11.0. The summed E-state index contributed by atoms with van der Waals surface area (Å²) in [5.74, 6) is 0.834. The van der Waals surface area contributed by atoms with Crippen molar-refractivity contribution in [1.29, 1.82) is 0 Å². The molecule has 0 spiro atoms. The number of carbonyl (C=O) groups excluding carboxylic acids is 2. The molecule has 48 heavy (non-hydrogen) atoms. The van der Waals surface area contributed by atoms with Crippen molar-refractivity contribution in [2.45, 2.75) is 58.9 Å². The molecule has 10 nitrogen and oxygen atoms in total. The van der Waals surface area contributed by atoms with Crippen LogP contribution in [0.1, 0.15) is 71.8 Å². The predicted molar refractivity (Wildman–Crippen MR) is 191 cm³/mol. The average molecular weight is 645 g/mol. The maximum atomic E-state index is 12.1. The van der Waals surface area contributed by atoms with Gasteiger partial charge in [-0.15, -0.1) is 5.10 Å². The van der Waals surface area contributed by atoms with Gasteiger partial charge in [0.1, 0.15) is 11.5 Å². The first-order valence-corrected chi connectivity index (χ1v) is 16.7. The number of piperidine rings is 1. The van der Waals surface area contributed by atoms with Crippen molar-refractivity contribution >= 4 is 34.5 Å². The van der Waals surface area contributed by atoms with Crippen LogP contribution >= 0.6 is 0 Å². The average Bonchev–Trinajstić information content (AvgIpc) is 3.52. The molecule has 0 saturated carbocycles. The molecule has 0 radical (unpaired) electrons. The molecule has 1 fully saturated rings. The van der Waals surface area contributed by atoms with Crippen LogP contribution in [-0.2, 0) is 17.8 Å². The first-order valence-electron chi connectivity index (χ1n) is 16.7. The third-order valence-electron chi connectivity index (χ3n) is 9.64. The summed E-state index contributed by atoms with van der Waals surface area (Å²) in [7, 11) is 1.79. The number of hydrogen-bond donors (Lipinski definition) is 3. The molecule has 4 heterocycles. The van der Waals surface area contributed by atoms with Crippen LogP contribution in [0.4, 0.5) is 17.2 Å². The van der Waals surface area contributed by atoms with E-state index in [-0.39, 0.29) is 17.4 Å². The van der Waals surface area contributed by atoms with Crippen LogP contribution in [-0.4, -0.2) is 56.3 Å². The van der Waals surface area contributed by atoms with Gasteiger partial charge in [-0.3, -0.25) is 19.5 Å². The van der Waals surface area contributed by atoms with Gasteiger partial charge < -0.3 is 16.4 Å². The van der Waals surface area contributed by atoms with Crippen LogP contribution < -0.4 is 16.4 Å². The molecule has 248 valence electrons. The van der Waals surface area contributed by atoms with Gasteiger partial charge in [-0.1, -0.05) is 43.3 Å². The summed E-state index contributed by atoms with van der Waals surface area (Å²) >= 11 is 0. The molecule has 1 aliphatic rings. The Kier molecular flexibility index (Phi) is 9.82. The molecular weight excluding hydrogens is 600 g/mol. The minimum Gasteiger partial charge on any atom is -0.385 e. The minimum atomic E-state index is -0.597. The third-order valence-corrected chi connectivity index (χ3v) is 9.64. The molecule has 0 aliphatic carbocycles. The van der Waals surface area contributed by atoms with E-state index in [0.717, 1.165) is 43.0 Å². The van der Waals surface area contributed by atoms with Gasteiger partial charge in [-0.2, -0.15) is 0 Å². The van der Waals surface area contributed by atoms with Crippen molar-refractivity contribution in [1.82, 2.24) is 24.5 Å². The van der Waals surface area contributed by atoms with Crippen molar-refractivity contribution in [3.05, 3.63) is 101 Å². The highest BCUT2D eigenvalue weighted by Gasteiger charge is 2.22. The first-order chi connectivity index (χ1) is 23.2. The highest BCUT2D eigenvalue weighted by molar-refractivity contribution is 5.92. The number of ketones is 1. The Morgan fingerprint density at radius 3 is 2.52 bits per heavy atom. The van der Waals surface area contributed by atoms with Crippen molar-refractivity contribution in [3.8, 4) is 11.3 Å². The van der Waals surface area contributed by atoms with E-state index in [1.807, 2.05) is 43.5 Å². The molecule has 1 amide bonds. The number of anilines is 3.